The summed E-state index contributed by atoms with van der Waals surface area (Å²) in [5.41, 5.74) is 2.58. The molecule has 0 spiro atoms. The molecule has 1 aliphatic rings. The highest BCUT2D eigenvalue weighted by Crippen LogP contribution is 2.29. The van der Waals surface area contributed by atoms with E-state index in [4.69, 9.17) is 4.74 Å². The number of ether oxygens (including phenoxy) is 1. The van der Waals surface area contributed by atoms with E-state index in [9.17, 15) is 14.0 Å². The monoisotopic (exact) mass is 341 g/mol. The molecule has 1 aliphatic carbocycles. The molecule has 0 saturated carbocycles. The molecule has 5 heteroatoms. The maximum absolute atomic E-state index is 12.9. The molecule has 0 aromatic heterocycles. The molecule has 3 rings (SSSR count). The minimum atomic E-state index is -0.924. The van der Waals surface area contributed by atoms with Gasteiger partial charge in [-0.1, -0.05) is 24.3 Å². The first-order valence-electron chi connectivity index (χ1n) is 8.39. The fraction of sp³-hybridized carbons (Fsp3) is 0.300. The Hall–Kier alpha value is -2.69. The Morgan fingerprint density at radius 1 is 1.16 bits per heavy atom. The summed E-state index contributed by atoms with van der Waals surface area (Å²) in [6, 6.07) is 13.0. The fourth-order valence-electron chi connectivity index (χ4n) is 3.06. The molecule has 130 valence electrons. The van der Waals surface area contributed by atoms with Gasteiger partial charge in [-0.3, -0.25) is 4.79 Å². The van der Waals surface area contributed by atoms with Crippen LogP contribution < -0.4 is 5.32 Å². The number of benzene rings is 2. The van der Waals surface area contributed by atoms with Crippen LogP contribution in [0, 0.1) is 5.82 Å². The highest BCUT2D eigenvalue weighted by molar-refractivity contribution is 5.92. The summed E-state index contributed by atoms with van der Waals surface area (Å²) in [7, 11) is 0. The van der Waals surface area contributed by atoms with E-state index in [0.717, 1.165) is 24.8 Å². The summed E-state index contributed by atoms with van der Waals surface area (Å²) in [5, 5.41) is 2.96. The first-order valence-corrected chi connectivity index (χ1v) is 8.39. The number of hydrogen-bond donors (Lipinski definition) is 1. The lowest BCUT2D eigenvalue weighted by Crippen LogP contribution is -2.39. The number of rotatable bonds is 4. The second-order valence-electron chi connectivity index (χ2n) is 6.21. The number of aryl methyl sites for hydroxylation is 1. The predicted octanol–water partition coefficient (Wildman–Crippen LogP) is 3.56. The van der Waals surface area contributed by atoms with Gasteiger partial charge in [0, 0.05) is 0 Å². The molecule has 1 N–H and O–H groups in total. The fourth-order valence-corrected chi connectivity index (χ4v) is 3.06. The topological polar surface area (TPSA) is 55.4 Å². The predicted molar refractivity (Wildman–Crippen MR) is 91.5 cm³/mol. The zero-order valence-electron chi connectivity index (χ0n) is 14.0. The van der Waals surface area contributed by atoms with E-state index >= 15 is 0 Å². The number of carbonyl (C=O) groups is 2. The Morgan fingerprint density at radius 2 is 1.88 bits per heavy atom. The third kappa shape index (κ3) is 4.05. The van der Waals surface area contributed by atoms with Crippen molar-refractivity contribution in [2.24, 2.45) is 0 Å². The average molecular weight is 341 g/mol. The minimum Gasteiger partial charge on any atom is -0.449 e. The lowest BCUT2D eigenvalue weighted by atomic mass is 9.87. The van der Waals surface area contributed by atoms with Gasteiger partial charge in [-0.15, -0.1) is 0 Å². The van der Waals surface area contributed by atoms with Crippen molar-refractivity contribution in [2.45, 2.75) is 38.3 Å². The van der Waals surface area contributed by atoms with Gasteiger partial charge in [0.05, 0.1) is 11.6 Å². The van der Waals surface area contributed by atoms with E-state index in [1.54, 1.807) is 0 Å². The minimum absolute atomic E-state index is 0.0653. The van der Waals surface area contributed by atoms with Gasteiger partial charge in [-0.05, 0) is 61.6 Å². The Labute approximate surface area is 146 Å². The van der Waals surface area contributed by atoms with Gasteiger partial charge in [-0.2, -0.15) is 0 Å². The normalized spacial score (nSPS) is 17.3. The number of halogens is 1. The van der Waals surface area contributed by atoms with Gasteiger partial charge < -0.3 is 10.1 Å². The van der Waals surface area contributed by atoms with Crippen LogP contribution in [0.1, 0.15) is 47.3 Å². The SMILES string of the molecule is C[C@H](OC(=O)c1ccc(F)cc1)C(=O)N[C@@H]1CCCc2ccccc21. The van der Waals surface area contributed by atoms with Crippen LogP contribution in [-0.2, 0) is 16.0 Å². The highest BCUT2D eigenvalue weighted by atomic mass is 19.1. The van der Waals surface area contributed by atoms with Gasteiger partial charge in [0.15, 0.2) is 6.10 Å². The lowest BCUT2D eigenvalue weighted by molar-refractivity contribution is -0.130. The zero-order chi connectivity index (χ0) is 17.8. The number of esters is 1. The Morgan fingerprint density at radius 3 is 2.64 bits per heavy atom. The van der Waals surface area contributed by atoms with Crippen LogP contribution in [0.3, 0.4) is 0 Å². The molecular weight excluding hydrogens is 321 g/mol. The molecule has 25 heavy (non-hydrogen) atoms. The molecule has 2 aromatic carbocycles. The van der Waals surface area contributed by atoms with Crippen molar-refractivity contribution in [2.75, 3.05) is 0 Å². The highest BCUT2D eigenvalue weighted by Gasteiger charge is 2.25. The molecule has 0 bridgehead atoms. The molecule has 2 aromatic rings. The molecule has 0 radical (unpaired) electrons. The van der Waals surface area contributed by atoms with Crippen LogP contribution in [0.4, 0.5) is 4.39 Å². The number of hydrogen-bond acceptors (Lipinski definition) is 3. The van der Waals surface area contributed by atoms with Crippen molar-refractivity contribution >= 4 is 11.9 Å². The van der Waals surface area contributed by atoms with Gasteiger partial charge >= 0.3 is 5.97 Å². The van der Waals surface area contributed by atoms with Crippen LogP contribution in [0.25, 0.3) is 0 Å². The van der Waals surface area contributed by atoms with Crippen molar-refractivity contribution in [3.05, 3.63) is 71.0 Å². The van der Waals surface area contributed by atoms with Crippen LogP contribution in [0.15, 0.2) is 48.5 Å². The number of carbonyl (C=O) groups excluding carboxylic acids is 2. The average Bonchev–Trinajstić information content (AvgIpc) is 2.62. The van der Waals surface area contributed by atoms with E-state index < -0.39 is 17.9 Å². The molecule has 2 atom stereocenters. The summed E-state index contributed by atoms with van der Waals surface area (Å²) >= 11 is 0. The molecule has 0 heterocycles. The number of amides is 1. The number of fused-ring (bicyclic) bond motifs is 1. The van der Waals surface area contributed by atoms with Crippen molar-refractivity contribution in [3.63, 3.8) is 0 Å². The summed E-state index contributed by atoms with van der Waals surface area (Å²) in [6.07, 6.45) is 1.96. The van der Waals surface area contributed by atoms with Crippen molar-refractivity contribution in [3.8, 4) is 0 Å². The molecule has 0 unspecified atom stereocenters. The Balaban J connectivity index is 1.62. The molecule has 0 saturated heterocycles. The Kier molecular flexibility index (Phi) is 5.12. The Bertz CT molecular complexity index is 773. The molecule has 4 nitrogen and oxygen atoms in total. The largest absolute Gasteiger partial charge is 0.449 e. The van der Waals surface area contributed by atoms with Crippen molar-refractivity contribution in [1.82, 2.24) is 5.32 Å². The van der Waals surface area contributed by atoms with Crippen LogP contribution in [0.5, 0.6) is 0 Å². The van der Waals surface area contributed by atoms with Gasteiger partial charge in [0.25, 0.3) is 5.91 Å². The van der Waals surface area contributed by atoms with Crippen LogP contribution >= 0.6 is 0 Å². The van der Waals surface area contributed by atoms with Gasteiger partial charge in [-0.25, -0.2) is 9.18 Å². The second-order valence-corrected chi connectivity index (χ2v) is 6.21. The van der Waals surface area contributed by atoms with E-state index in [1.807, 2.05) is 18.2 Å². The summed E-state index contributed by atoms with van der Waals surface area (Å²) < 4.78 is 18.1. The van der Waals surface area contributed by atoms with E-state index in [1.165, 1.54) is 36.8 Å². The maximum Gasteiger partial charge on any atom is 0.338 e. The molecular formula is C20H20FNO3. The zero-order valence-corrected chi connectivity index (χ0v) is 14.0. The van der Waals surface area contributed by atoms with Gasteiger partial charge in [0.2, 0.25) is 0 Å². The second kappa shape index (κ2) is 7.47. The third-order valence-corrected chi connectivity index (χ3v) is 4.42. The molecule has 0 fully saturated rings. The number of nitrogens with one attached hydrogen (secondary N) is 1. The van der Waals surface area contributed by atoms with Crippen LogP contribution in [-0.4, -0.2) is 18.0 Å². The third-order valence-electron chi connectivity index (χ3n) is 4.42. The molecule has 0 aliphatic heterocycles. The van der Waals surface area contributed by atoms with E-state index in [0.29, 0.717) is 0 Å². The summed E-state index contributed by atoms with van der Waals surface area (Å²) in [5.74, 6) is -1.41. The lowest BCUT2D eigenvalue weighted by Gasteiger charge is -2.27. The smallest absolute Gasteiger partial charge is 0.338 e. The van der Waals surface area contributed by atoms with Gasteiger partial charge in [0.1, 0.15) is 5.82 Å². The summed E-state index contributed by atoms with van der Waals surface area (Å²) in [4.78, 5) is 24.4. The van der Waals surface area contributed by atoms with Crippen molar-refractivity contribution in [1.29, 1.82) is 0 Å². The maximum atomic E-state index is 12.9. The first-order chi connectivity index (χ1) is 12.0. The van der Waals surface area contributed by atoms with Crippen LogP contribution in [0.2, 0.25) is 0 Å². The van der Waals surface area contributed by atoms with E-state index in [-0.39, 0.29) is 17.5 Å². The molecule has 1 amide bonds. The van der Waals surface area contributed by atoms with E-state index in [2.05, 4.69) is 11.4 Å². The standard InChI is InChI=1S/C20H20FNO3/c1-13(25-20(24)15-9-11-16(21)12-10-15)19(23)22-18-8-4-6-14-5-2-3-7-17(14)18/h2-3,5,7,9-13,18H,4,6,8H2,1H3,(H,22,23)/t13-,18+/m0/s1. The quantitative estimate of drug-likeness (QED) is 0.865. The first kappa shape index (κ1) is 17.1. The summed E-state index contributed by atoms with van der Waals surface area (Å²) in [6.45, 7) is 1.53. The van der Waals surface area contributed by atoms with Crippen molar-refractivity contribution < 1.29 is 18.7 Å².